The molecular weight excluding hydrogens is 732 g/mol. The maximum absolute atomic E-state index is 13.3. The first-order valence-corrected chi connectivity index (χ1v) is 18.8. The van der Waals surface area contributed by atoms with E-state index in [0.717, 1.165) is 24.1 Å². The van der Waals surface area contributed by atoms with Gasteiger partial charge in [0.2, 0.25) is 0 Å². The third-order valence-corrected chi connectivity index (χ3v) is 11.1. The number of carbonyl (C=O) groups is 2. The summed E-state index contributed by atoms with van der Waals surface area (Å²) >= 11 is 9.25. The van der Waals surface area contributed by atoms with Crippen LogP contribution in [0.4, 0.5) is 10.6 Å². The van der Waals surface area contributed by atoms with Gasteiger partial charge in [0.25, 0.3) is 15.9 Å². The third kappa shape index (κ3) is 8.54. The molecule has 1 spiro atoms. The fourth-order valence-corrected chi connectivity index (χ4v) is 8.21. The highest BCUT2D eigenvalue weighted by molar-refractivity contribution is 9.10. The van der Waals surface area contributed by atoms with Gasteiger partial charge in [-0.1, -0.05) is 38.4 Å². The molecule has 49 heavy (non-hydrogen) atoms. The molecule has 0 radical (unpaired) electrons. The Labute approximate surface area is 302 Å². The van der Waals surface area contributed by atoms with Crippen LogP contribution in [0.5, 0.6) is 0 Å². The van der Waals surface area contributed by atoms with E-state index in [1.807, 2.05) is 36.5 Å². The van der Waals surface area contributed by atoms with Crippen LogP contribution in [0.25, 0.3) is 0 Å². The predicted octanol–water partition coefficient (Wildman–Crippen LogP) is 7.67. The van der Waals surface area contributed by atoms with Gasteiger partial charge in [-0.3, -0.25) is 9.78 Å². The zero-order valence-corrected chi connectivity index (χ0v) is 32.3. The van der Waals surface area contributed by atoms with Crippen molar-refractivity contribution in [1.29, 1.82) is 0 Å². The molecule has 2 amide bonds. The SMILES string of the molecule is CC(C)(C)OC(=O)N1CC2(CC2CC(Nc2cccc(S(=O)(=O)NC(=O)c3ccc(Br)nc3Cl)n2)c2cc(C(C)(C)C)ccn2)CC1(C)C. The predicted molar refractivity (Wildman–Crippen MR) is 192 cm³/mol. The summed E-state index contributed by atoms with van der Waals surface area (Å²) in [5.41, 5.74) is 0.683. The molecule has 1 aliphatic carbocycles. The summed E-state index contributed by atoms with van der Waals surface area (Å²) in [7, 11) is -4.37. The molecule has 5 rings (SSSR count). The smallest absolute Gasteiger partial charge is 0.410 e. The standard InChI is InChI=1S/C35H44BrClN6O5S/c1-32(2,3)21-14-15-38-24(16-21)25(17-22-18-35(22)19-34(7,8)43(20-35)31(45)48-33(4,5)6)39-27-10-9-11-28(41-27)49(46,47)42-30(44)23-12-13-26(36)40-29(23)37/h9-16,22,25H,17-20H2,1-8H3,(H,39,41)(H,42,44). The number of hydrogen-bond acceptors (Lipinski definition) is 9. The molecule has 3 aromatic rings. The van der Waals surface area contributed by atoms with Gasteiger partial charge in [0.15, 0.2) is 5.03 Å². The summed E-state index contributed by atoms with van der Waals surface area (Å²) in [6.07, 6.45) is 3.96. The van der Waals surface area contributed by atoms with Crippen molar-refractivity contribution in [2.75, 3.05) is 11.9 Å². The van der Waals surface area contributed by atoms with Crippen molar-refractivity contribution < 1.29 is 22.7 Å². The monoisotopic (exact) mass is 774 g/mol. The summed E-state index contributed by atoms with van der Waals surface area (Å²) < 4.78 is 34.8. The van der Waals surface area contributed by atoms with Gasteiger partial charge in [-0.2, -0.15) is 8.42 Å². The van der Waals surface area contributed by atoms with Crippen molar-refractivity contribution >= 4 is 55.4 Å². The van der Waals surface area contributed by atoms with E-state index >= 15 is 0 Å². The minimum Gasteiger partial charge on any atom is -0.444 e. The number of rotatable bonds is 8. The number of hydrogen-bond donors (Lipinski definition) is 2. The van der Waals surface area contributed by atoms with Crippen LogP contribution in [0.3, 0.4) is 0 Å². The van der Waals surface area contributed by atoms with Crippen molar-refractivity contribution in [3.63, 3.8) is 0 Å². The van der Waals surface area contributed by atoms with E-state index in [4.69, 9.17) is 21.3 Å². The summed E-state index contributed by atoms with van der Waals surface area (Å²) in [5.74, 6) is -0.346. The fourth-order valence-electron chi connectivity index (χ4n) is 6.62. The third-order valence-electron chi connectivity index (χ3n) is 9.09. The minimum atomic E-state index is -4.37. The maximum atomic E-state index is 13.3. The second-order valence-corrected chi connectivity index (χ2v) is 18.5. The topological polar surface area (TPSA) is 143 Å². The van der Waals surface area contributed by atoms with Crippen molar-refractivity contribution in [2.45, 2.75) is 102 Å². The molecule has 1 aliphatic heterocycles. The van der Waals surface area contributed by atoms with Crippen molar-refractivity contribution in [1.82, 2.24) is 24.6 Å². The van der Waals surface area contributed by atoms with Crippen LogP contribution >= 0.6 is 27.5 Å². The molecule has 14 heteroatoms. The van der Waals surface area contributed by atoms with Crippen LogP contribution in [0.2, 0.25) is 5.15 Å². The first kappa shape index (κ1) is 37.0. The molecule has 264 valence electrons. The summed E-state index contributed by atoms with van der Waals surface area (Å²) in [6.45, 7) is 16.8. The summed E-state index contributed by atoms with van der Waals surface area (Å²) in [4.78, 5) is 41.0. The Hall–Kier alpha value is -3.29. The molecule has 2 aliphatic rings. The number of nitrogens with zero attached hydrogens (tertiary/aromatic N) is 4. The first-order chi connectivity index (χ1) is 22.6. The molecule has 0 bridgehead atoms. The van der Waals surface area contributed by atoms with E-state index in [1.165, 1.54) is 18.2 Å². The number of carbonyl (C=O) groups excluding carboxylic acids is 2. The van der Waals surface area contributed by atoms with Crippen LogP contribution in [0.15, 0.2) is 58.3 Å². The number of nitrogens with one attached hydrogen (secondary N) is 2. The van der Waals surface area contributed by atoms with Crippen molar-refractivity contribution in [2.24, 2.45) is 11.3 Å². The van der Waals surface area contributed by atoms with Crippen LogP contribution in [-0.4, -0.2) is 58.0 Å². The molecular formula is C35H44BrClN6O5S. The van der Waals surface area contributed by atoms with E-state index < -0.39 is 21.5 Å². The quantitative estimate of drug-likeness (QED) is 0.220. The number of likely N-dealkylation sites (tertiary alicyclic amines) is 1. The zero-order valence-electron chi connectivity index (χ0n) is 29.1. The number of aromatic nitrogens is 3. The normalized spacial score (nSPS) is 20.9. The van der Waals surface area contributed by atoms with Crippen LogP contribution in [0, 0.1) is 11.3 Å². The lowest BCUT2D eigenvalue weighted by atomic mass is 9.86. The molecule has 0 aromatic carbocycles. The van der Waals surface area contributed by atoms with Crippen molar-refractivity contribution in [3.05, 3.63) is 75.2 Å². The van der Waals surface area contributed by atoms with E-state index in [9.17, 15) is 18.0 Å². The number of anilines is 1. The van der Waals surface area contributed by atoms with Crippen LogP contribution < -0.4 is 10.0 Å². The lowest BCUT2D eigenvalue weighted by Crippen LogP contribution is -2.45. The van der Waals surface area contributed by atoms with Gasteiger partial charge in [-0.25, -0.2) is 19.5 Å². The number of amides is 2. The fraction of sp³-hybridized carbons (Fsp3) is 0.514. The Morgan fingerprint density at radius 3 is 2.47 bits per heavy atom. The Balaban J connectivity index is 1.40. The molecule has 3 atom stereocenters. The second kappa shape index (κ2) is 13.1. The molecule has 1 saturated heterocycles. The van der Waals surface area contributed by atoms with E-state index in [1.54, 1.807) is 18.3 Å². The largest absolute Gasteiger partial charge is 0.444 e. The average Bonchev–Trinajstić information content (AvgIpc) is 3.54. The van der Waals surface area contributed by atoms with E-state index in [0.29, 0.717) is 23.4 Å². The number of sulfonamides is 1. The van der Waals surface area contributed by atoms with Gasteiger partial charge in [-0.05, 0) is 129 Å². The number of pyridine rings is 3. The van der Waals surface area contributed by atoms with Gasteiger partial charge in [0, 0.05) is 18.3 Å². The Morgan fingerprint density at radius 2 is 1.82 bits per heavy atom. The Morgan fingerprint density at radius 1 is 1.10 bits per heavy atom. The number of halogens is 2. The molecule has 4 heterocycles. The van der Waals surface area contributed by atoms with Gasteiger partial charge < -0.3 is 15.0 Å². The zero-order chi connectivity index (χ0) is 36.2. The highest BCUT2D eigenvalue weighted by Crippen LogP contribution is 2.65. The van der Waals surface area contributed by atoms with Gasteiger partial charge in [0.1, 0.15) is 21.2 Å². The van der Waals surface area contributed by atoms with Gasteiger partial charge in [-0.15, -0.1) is 0 Å². The summed E-state index contributed by atoms with van der Waals surface area (Å²) in [6, 6.07) is 11.2. The second-order valence-electron chi connectivity index (χ2n) is 15.7. The van der Waals surface area contributed by atoms with Crippen molar-refractivity contribution in [3.8, 4) is 0 Å². The number of ether oxygens (including phenoxy) is 1. The lowest BCUT2D eigenvalue weighted by molar-refractivity contribution is 0.0129. The molecule has 2 N–H and O–H groups in total. The minimum absolute atomic E-state index is 0.0615. The molecule has 1 saturated carbocycles. The van der Waals surface area contributed by atoms with Crippen LogP contribution in [0.1, 0.15) is 102 Å². The molecule has 11 nitrogen and oxygen atoms in total. The van der Waals surface area contributed by atoms with Crippen LogP contribution in [-0.2, 0) is 20.2 Å². The average molecular weight is 776 g/mol. The van der Waals surface area contributed by atoms with E-state index in [-0.39, 0.29) is 50.2 Å². The highest BCUT2D eigenvalue weighted by atomic mass is 79.9. The highest BCUT2D eigenvalue weighted by Gasteiger charge is 2.63. The van der Waals surface area contributed by atoms with Gasteiger partial charge >= 0.3 is 6.09 Å². The Bertz CT molecular complexity index is 1880. The van der Waals surface area contributed by atoms with E-state index in [2.05, 4.69) is 71.9 Å². The molecule has 2 fully saturated rings. The molecule has 3 aromatic heterocycles. The lowest BCUT2D eigenvalue weighted by Gasteiger charge is -2.33. The van der Waals surface area contributed by atoms with Gasteiger partial charge in [0.05, 0.1) is 17.3 Å². The maximum Gasteiger partial charge on any atom is 0.410 e. The molecule has 3 unspecified atom stereocenters. The Kier molecular flexibility index (Phi) is 9.90. The first-order valence-electron chi connectivity index (χ1n) is 16.2. The summed E-state index contributed by atoms with van der Waals surface area (Å²) in [5, 5.41) is 2.98.